The number of nitrogens with zero attached hydrogens (tertiary/aromatic N) is 1. The Bertz CT molecular complexity index is 306. The standard InChI is InChI=1S/C12H19NO2/c1-6-8-10(9-12(3,4)5)11(7-2)13(14)15/h6-8H,1,9H2,2-5H3/b10-8-,11-7+. The molecule has 0 bridgehead atoms. The van der Waals surface area contributed by atoms with Crippen LogP contribution >= 0.6 is 0 Å². The van der Waals surface area contributed by atoms with Gasteiger partial charge in [-0.1, -0.05) is 39.5 Å². The average Bonchev–Trinajstić information content (AvgIpc) is 2.01. The van der Waals surface area contributed by atoms with Crippen molar-refractivity contribution in [3.8, 4) is 0 Å². The zero-order valence-electron chi connectivity index (χ0n) is 9.91. The summed E-state index contributed by atoms with van der Waals surface area (Å²) in [6.45, 7) is 11.4. The number of rotatable bonds is 4. The van der Waals surface area contributed by atoms with E-state index in [0.29, 0.717) is 6.42 Å². The molecule has 3 nitrogen and oxygen atoms in total. The molecular formula is C12H19NO2. The number of allylic oxidation sites excluding steroid dienone is 4. The van der Waals surface area contributed by atoms with Crippen LogP contribution in [0, 0.1) is 15.5 Å². The Morgan fingerprint density at radius 2 is 2.00 bits per heavy atom. The number of nitro groups is 1. The first-order valence-electron chi connectivity index (χ1n) is 4.94. The Hall–Kier alpha value is -1.38. The highest BCUT2D eigenvalue weighted by Crippen LogP contribution is 2.28. The van der Waals surface area contributed by atoms with E-state index in [1.54, 1.807) is 19.1 Å². The summed E-state index contributed by atoms with van der Waals surface area (Å²) in [5.41, 5.74) is 0.925. The molecule has 0 rings (SSSR count). The minimum absolute atomic E-state index is 0.0269. The van der Waals surface area contributed by atoms with Crippen molar-refractivity contribution in [2.75, 3.05) is 0 Å². The molecule has 0 fully saturated rings. The third-order valence-electron chi connectivity index (χ3n) is 1.84. The van der Waals surface area contributed by atoms with E-state index in [2.05, 4.69) is 27.4 Å². The Morgan fingerprint density at radius 3 is 2.27 bits per heavy atom. The topological polar surface area (TPSA) is 43.1 Å². The summed E-state index contributed by atoms with van der Waals surface area (Å²) in [7, 11) is 0. The fourth-order valence-corrected chi connectivity index (χ4v) is 1.36. The van der Waals surface area contributed by atoms with Crippen molar-refractivity contribution < 1.29 is 4.92 Å². The minimum Gasteiger partial charge on any atom is -0.258 e. The molecule has 0 aliphatic rings. The molecule has 0 aromatic heterocycles. The van der Waals surface area contributed by atoms with Crippen LogP contribution in [0.3, 0.4) is 0 Å². The van der Waals surface area contributed by atoms with E-state index in [9.17, 15) is 10.1 Å². The van der Waals surface area contributed by atoms with Gasteiger partial charge in [0.25, 0.3) is 5.70 Å². The Kier molecular flexibility index (Phi) is 4.98. The van der Waals surface area contributed by atoms with Gasteiger partial charge >= 0.3 is 0 Å². The van der Waals surface area contributed by atoms with Crippen molar-refractivity contribution in [2.24, 2.45) is 5.41 Å². The van der Waals surface area contributed by atoms with E-state index in [4.69, 9.17) is 0 Å². The fourth-order valence-electron chi connectivity index (χ4n) is 1.36. The van der Waals surface area contributed by atoms with E-state index >= 15 is 0 Å². The predicted octanol–water partition coefficient (Wildman–Crippen LogP) is 3.72. The summed E-state index contributed by atoms with van der Waals surface area (Å²) >= 11 is 0. The molecule has 0 aliphatic heterocycles. The molecule has 0 aromatic carbocycles. The largest absolute Gasteiger partial charge is 0.268 e. The first-order valence-corrected chi connectivity index (χ1v) is 4.94. The summed E-state index contributed by atoms with van der Waals surface area (Å²) in [4.78, 5) is 10.4. The van der Waals surface area contributed by atoms with Crippen molar-refractivity contribution in [1.82, 2.24) is 0 Å². The minimum atomic E-state index is -0.346. The molecule has 0 aromatic rings. The van der Waals surface area contributed by atoms with Gasteiger partial charge in [-0.2, -0.15) is 0 Å². The van der Waals surface area contributed by atoms with Crippen molar-refractivity contribution in [3.63, 3.8) is 0 Å². The van der Waals surface area contributed by atoms with Crippen molar-refractivity contribution in [3.05, 3.63) is 46.2 Å². The van der Waals surface area contributed by atoms with Gasteiger partial charge in [0.15, 0.2) is 0 Å². The Balaban J connectivity index is 5.07. The first-order chi connectivity index (χ1) is 6.81. The van der Waals surface area contributed by atoms with Gasteiger partial charge in [0.1, 0.15) is 0 Å². The van der Waals surface area contributed by atoms with Gasteiger partial charge in [-0.05, 0) is 24.8 Å². The van der Waals surface area contributed by atoms with E-state index in [1.807, 2.05) is 0 Å². The van der Waals surface area contributed by atoms with Gasteiger partial charge < -0.3 is 0 Å². The van der Waals surface area contributed by atoms with Crippen LogP contribution in [0.25, 0.3) is 0 Å². The van der Waals surface area contributed by atoms with E-state index in [1.165, 1.54) is 6.08 Å². The second kappa shape index (κ2) is 5.49. The normalized spacial score (nSPS) is 13.9. The van der Waals surface area contributed by atoms with Crippen molar-refractivity contribution >= 4 is 0 Å². The number of hydrogen-bond donors (Lipinski definition) is 0. The maximum atomic E-state index is 10.8. The molecule has 0 heterocycles. The van der Waals surface area contributed by atoms with E-state index < -0.39 is 0 Å². The summed E-state index contributed by atoms with van der Waals surface area (Å²) in [5.74, 6) is 0. The van der Waals surface area contributed by atoms with Crippen molar-refractivity contribution in [1.29, 1.82) is 0 Å². The van der Waals surface area contributed by atoms with Crippen LogP contribution in [0.2, 0.25) is 0 Å². The molecular weight excluding hydrogens is 190 g/mol. The van der Waals surface area contributed by atoms with Gasteiger partial charge in [-0.3, -0.25) is 10.1 Å². The lowest BCUT2D eigenvalue weighted by molar-refractivity contribution is -0.421. The van der Waals surface area contributed by atoms with Crippen LogP contribution in [-0.2, 0) is 0 Å². The molecule has 0 saturated heterocycles. The zero-order chi connectivity index (χ0) is 12.1. The highest BCUT2D eigenvalue weighted by atomic mass is 16.6. The van der Waals surface area contributed by atoms with E-state index in [0.717, 1.165) is 5.57 Å². The van der Waals surface area contributed by atoms with E-state index in [-0.39, 0.29) is 16.0 Å². The van der Waals surface area contributed by atoms with Crippen LogP contribution in [0.15, 0.2) is 36.1 Å². The van der Waals surface area contributed by atoms with Crippen LogP contribution in [0.5, 0.6) is 0 Å². The van der Waals surface area contributed by atoms with Crippen LogP contribution < -0.4 is 0 Å². The second-order valence-corrected chi connectivity index (χ2v) is 4.60. The molecule has 0 radical (unpaired) electrons. The van der Waals surface area contributed by atoms with Crippen LogP contribution in [0.4, 0.5) is 0 Å². The molecule has 0 atom stereocenters. The lowest BCUT2D eigenvalue weighted by Gasteiger charge is -2.18. The molecule has 84 valence electrons. The van der Waals surface area contributed by atoms with Gasteiger partial charge in [0.2, 0.25) is 0 Å². The summed E-state index contributed by atoms with van der Waals surface area (Å²) < 4.78 is 0. The fraction of sp³-hybridized carbons (Fsp3) is 0.500. The summed E-state index contributed by atoms with van der Waals surface area (Å²) in [5, 5.41) is 10.8. The molecule has 0 aliphatic carbocycles. The van der Waals surface area contributed by atoms with Crippen LogP contribution in [-0.4, -0.2) is 4.92 Å². The van der Waals surface area contributed by atoms with Gasteiger partial charge in [-0.25, -0.2) is 0 Å². The smallest absolute Gasteiger partial charge is 0.258 e. The Labute approximate surface area is 91.3 Å². The molecule has 0 amide bonds. The lowest BCUT2D eigenvalue weighted by Crippen LogP contribution is -2.11. The average molecular weight is 209 g/mol. The lowest BCUT2D eigenvalue weighted by atomic mass is 9.86. The molecule has 0 spiro atoms. The molecule has 0 saturated carbocycles. The highest BCUT2D eigenvalue weighted by molar-refractivity contribution is 5.28. The highest BCUT2D eigenvalue weighted by Gasteiger charge is 2.21. The second-order valence-electron chi connectivity index (χ2n) is 4.60. The predicted molar refractivity (Wildman–Crippen MR) is 63.1 cm³/mol. The monoisotopic (exact) mass is 209 g/mol. The number of hydrogen-bond acceptors (Lipinski definition) is 2. The SMILES string of the molecule is C=C/C=C(CC(C)(C)C)\C(=C/C)[N+](=O)[O-]. The molecule has 3 heteroatoms. The molecule has 0 unspecified atom stereocenters. The third kappa shape index (κ3) is 5.15. The first kappa shape index (κ1) is 13.6. The van der Waals surface area contributed by atoms with Crippen LogP contribution in [0.1, 0.15) is 34.1 Å². The molecule has 0 N–H and O–H groups in total. The molecule has 15 heavy (non-hydrogen) atoms. The van der Waals surface area contributed by atoms with Gasteiger partial charge in [0.05, 0.1) is 4.92 Å². The van der Waals surface area contributed by atoms with Gasteiger partial charge in [-0.15, -0.1) is 0 Å². The Morgan fingerprint density at radius 1 is 1.47 bits per heavy atom. The quantitative estimate of drug-likeness (QED) is 0.402. The zero-order valence-corrected chi connectivity index (χ0v) is 9.91. The summed E-state index contributed by atoms with van der Waals surface area (Å²) in [6, 6.07) is 0. The van der Waals surface area contributed by atoms with Gasteiger partial charge in [0, 0.05) is 5.57 Å². The maximum Gasteiger partial charge on any atom is 0.268 e. The van der Waals surface area contributed by atoms with Crippen molar-refractivity contribution in [2.45, 2.75) is 34.1 Å². The third-order valence-corrected chi connectivity index (χ3v) is 1.84. The maximum absolute atomic E-state index is 10.8. The summed E-state index contributed by atoms with van der Waals surface area (Å²) in [6.07, 6.45) is 5.50.